The topological polar surface area (TPSA) is 17.3 Å². The Morgan fingerprint density at radius 1 is 0.774 bits per heavy atom. The van der Waals surface area contributed by atoms with E-state index in [4.69, 9.17) is 11.6 Å². The first-order valence-corrected chi connectivity index (χ1v) is 13.6. The van der Waals surface area contributed by atoms with Crippen LogP contribution in [-0.4, -0.2) is 16.0 Å². The van der Waals surface area contributed by atoms with Gasteiger partial charge in [0, 0.05) is 5.38 Å². The normalized spacial score (nSPS) is 11.3. The number of halogens is 2. The second kappa shape index (κ2) is 10.4. The van der Waals surface area contributed by atoms with Crippen molar-refractivity contribution in [1.29, 1.82) is 0 Å². The molecule has 0 radical (unpaired) electrons. The van der Waals surface area contributed by atoms with Crippen molar-refractivity contribution >= 4 is 63.4 Å². The monoisotopic (exact) mass is 486 g/mol. The Morgan fingerprint density at radius 3 is 1.58 bits per heavy atom. The van der Waals surface area contributed by atoms with Gasteiger partial charge in [-0.2, -0.15) is 0 Å². The number of benzene rings is 3. The minimum atomic E-state index is -1.88. The maximum atomic E-state index is 5.85. The van der Waals surface area contributed by atoms with Crippen LogP contribution in [0.15, 0.2) is 103 Å². The molecule has 0 aliphatic rings. The molecular weight excluding hydrogens is 462 g/mol. The van der Waals surface area contributed by atoms with Crippen LogP contribution < -0.4 is 15.9 Å². The third-order valence-electron chi connectivity index (χ3n) is 5.45. The molecule has 0 bridgehead atoms. The summed E-state index contributed by atoms with van der Waals surface area (Å²) >= 11 is 7.46. The fraction of sp³-hybridized carbons (Fsp3) is 0.0800. The van der Waals surface area contributed by atoms with E-state index < -0.39 is 7.26 Å². The maximum absolute atomic E-state index is 5.85. The van der Waals surface area contributed by atoms with Gasteiger partial charge in [0.05, 0.1) is 6.20 Å². The van der Waals surface area contributed by atoms with E-state index in [1.165, 1.54) is 15.9 Å². The fourth-order valence-corrected chi connectivity index (χ4v) is 8.49. The van der Waals surface area contributed by atoms with Gasteiger partial charge in [-0.25, -0.2) is 4.98 Å². The molecule has 0 N–H and O–H groups in total. The molecule has 0 spiro atoms. The second-order valence-electron chi connectivity index (χ2n) is 7.26. The molecule has 0 unspecified atom stereocenters. The average Bonchev–Trinajstić information content (AvgIpc) is 3.38. The van der Waals surface area contributed by atoms with Crippen molar-refractivity contribution in [2.24, 2.45) is 0 Å². The minimum Gasteiger partial charge on any atom is -0.277 e. The summed E-state index contributed by atoms with van der Waals surface area (Å²) in [6.07, 6.45) is 1.83. The molecule has 2 heterocycles. The van der Waals surface area contributed by atoms with Gasteiger partial charge in [-0.1, -0.05) is 11.6 Å². The van der Waals surface area contributed by atoms with E-state index in [1.807, 2.05) is 22.9 Å². The van der Waals surface area contributed by atoms with Crippen LogP contribution in [0.5, 0.6) is 0 Å². The number of rotatable bonds is 3. The van der Waals surface area contributed by atoms with E-state index in [0.29, 0.717) is 0 Å². The van der Waals surface area contributed by atoms with Gasteiger partial charge in [-0.15, -0.1) is 23.7 Å². The third kappa shape index (κ3) is 4.86. The number of thiazole rings is 1. The van der Waals surface area contributed by atoms with Gasteiger partial charge < -0.3 is 0 Å². The van der Waals surface area contributed by atoms with Gasteiger partial charge in [0.25, 0.3) is 0 Å². The van der Waals surface area contributed by atoms with Crippen LogP contribution in [0.25, 0.3) is 4.83 Å². The smallest absolute Gasteiger partial charge is 0.125 e. The number of aromatic nitrogens is 2. The molecular formula is C25H25Cl2N2PS. The quantitative estimate of drug-likeness (QED) is 0.280. The zero-order valence-corrected chi connectivity index (χ0v) is 20.8. The largest absolute Gasteiger partial charge is 0.277 e. The van der Waals surface area contributed by atoms with E-state index >= 15 is 0 Å². The van der Waals surface area contributed by atoms with Gasteiger partial charge in [-0.3, -0.25) is 4.40 Å². The van der Waals surface area contributed by atoms with Crippen LogP contribution in [0.4, 0.5) is 0 Å². The van der Waals surface area contributed by atoms with Crippen molar-refractivity contribution in [1.82, 2.24) is 9.38 Å². The van der Waals surface area contributed by atoms with Crippen molar-refractivity contribution in [3.8, 4) is 0 Å². The van der Waals surface area contributed by atoms with E-state index in [-0.39, 0.29) is 12.4 Å². The van der Waals surface area contributed by atoms with E-state index in [9.17, 15) is 0 Å². The van der Waals surface area contributed by atoms with Crippen molar-refractivity contribution in [3.63, 3.8) is 0 Å². The number of nitrogens with zero attached hydrogens (tertiary/aromatic N) is 2. The van der Waals surface area contributed by atoms with Gasteiger partial charge in [0.15, 0.2) is 0 Å². The maximum Gasteiger partial charge on any atom is 0.125 e. The summed E-state index contributed by atoms with van der Waals surface area (Å²) in [4.78, 5) is 5.21. The molecule has 0 aliphatic heterocycles. The SMILES string of the molecule is C[PH](c1ccccc1)(c1ccccc1)c1ccccc1.Cc1ncc2scc(Cl)n12.Cl. The van der Waals surface area contributed by atoms with Gasteiger partial charge in [0.1, 0.15) is 15.8 Å². The summed E-state index contributed by atoms with van der Waals surface area (Å²) in [5.41, 5.74) is 0. The Balaban J connectivity index is 0.000000208. The molecule has 5 rings (SSSR count). The van der Waals surface area contributed by atoms with Crippen molar-refractivity contribution in [3.05, 3.63) is 114 Å². The number of hydrogen-bond donors (Lipinski definition) is 0. The predicted molar refractivity (Wildman–Crippen MR) is 143 cm³/mol. The molecule has 2 nitrogen and oxygen atoms in total. The Labute approximate surface area is 199 Å². The van der Waals surface area contributed by atoms with Crippen LogP contribution in [0.1, 0.15) is 5.82 Å². The van der Waals surface area contributed by atoms with Crippen molar-refractivity contribution in [2.45, 2.75) is 6.92 Å². The van der Waals surface area contributed by atoms with Gasteiger partial charge in [0.2, 0.25) is 0 Å². The Hall–Kier alpha value is -2.16. The zero-order valence-electron chi connectivity index (χ0n) is 17.4. The Morgan fingerprint density at radius 2 is 1.19 bits per heavy atom. The number of hydrogen-bond acceptors (Lipinski definition) is 2. The van der Waals surface area contributed by atoms with Crippen LogP contribution in [0, 0.1) is 6.92 Å². The standard InChI is InChI=1S/C19H19P.C6H5ClN2S.ClH/c1-20(17-11-5-2-6-12-17,18-13-7-3-8-14-18)19-15-9-4-10-16-19;1-4-8-2-6-9(4)5(7)3-10-6;/h2-16,20H,1H3;2-3H,1H3;1H. The molecule has 0 saturated carbocycles. The summed E-state index contributed by atoms with van der Waals surface area (Å²) in [7, 11) is -1.88. The first-order chi connectivity index (χ1) is 14.6. The Bertz CT molecular complexity index is 1090. The number of fused-ring (bicyclic) bond motifs is 1. The predicted octanol–water partition coefficient (Wildman–Crippen LogP) is 6.12. The average molecular weight is 487 g/mol. The minimum absolute atomic E-state index is 0. The summed E-state index contributed by atoms with van der Waals surface area (Å²) in [6, 6.07) is 32.8. The molecule has 5 aromatic rings. The molecule has 6 heteroatoms. The fourth-order valence-electron chi connectivity index (χ4n) is 3.74. The second-order valence-corrected chi connectivity index (χ2v) is 12.5. The van der Waals surface area contributed by atoms with E-state index in [0.717, 1.165) is 15.8 Å². The Kier molecular flexibility index (Phi) is 7.91. The van der Waals surface area contributed by atoms with Crippen LogP contribution in [0.3, 0.4) is 0 Å². The molecule has 0 aliphatic carbocycles. The van der Waals surface area contributed by atoms with Gasteiger partial charge in [-0.05, 0) is 6.92 Å². The van der Waals surface area contributed by atoms with Crippen LogP contribution >= 0.6 is 42.6 Å². The van der Waals surface area contributed by atoms with Crippen LogP contribution in [-0.2, 0) is 0 Å². The van der Waals surface area contributed by atoms with E-state index in [1.54, 1.807) is 11.3 Å². The summed E-state index contributed by atoms with van der Waals surface area (Å²) < 4.78 is 1.92. The zero-order chi connectivity index (χ0) is 21.0. The number of aryl methyl sites for hydroxylation is 1. The molecule has 0 amide bonds. The van der Waals surface area contributed by atoms with Crippen molar-refractivity contribution in [2.75, 3.05) is 6.66 Å². The first-order valence-electron chi connectivity index (χ1n) is 9.84. The molecule has 0 atom stereocenters. The molecule has 3 aromatic carbocycles. The van der Waals surface area contributed by atoms with Crippen molar-refractivity contribution < 1.29 is 0 Å². The molecule has 31 heavy (non-hydrogen) atoms. The summed E-state index contributed by atoms with van der Waals surface area (Å²) in [5, 5.41) is 7.02. The molecule has 160 valence electrons. The molecule has 2 aromatic heterocycles. The van der Waals surface area contributed by atoms with Crippen LogP contribution in [0.2, 0.25) is 5.15 Å². The molecule has 0 saturated heterocycles. The number of imidazole rings is 1. The summed E-state index contributed by atoms with van der Waals surface area (Å²) in [6.45, 7) is 4.37. The third-order valence-corrected chi connectivity index (χ3v) is 11.2. The van der Waals surface area contributed by atoms with E-state index in [2.05, 4.69) is 103 Å². The summed E-state index contributed by atoms with van der Waals surface area (Å²) in [5.74, 6) is 0.946. The molecule has 0 fully saturated rings. The van der Waals surface area contributed by atoms with Gasteiger partial charge >= 0.3 is 121 Å². The first kappa shape index (κ1) is 23.5.